The Labute approximate surface area is 126 Å². The van der Waals surface area contributed by atoms with E-state index in [1.165, 1.54) is 24.1 Å². The Morgan fingerprint density at radius 2 is 1.91 bits per heavy atom. The van der Waals surface area contributed by atoms with Crippen molar-refractivity contribution in [1.29, 1.82) is 0 Å². The molecule has 1 aromatic carbocycles. The summed E-state index contributed by atoms with van der Waals surface area (Å²) < 4.78 is 0. The van der Waals surface area contributed by atoms with E-state index in [0.29, 0.717) is 5.56 Å². The Morgan fingerprint density at radius 1 is 1.23 bits per heavy atom. The van der Waals surface area contributed by atoms with Crippen LogP contribution in [-0.4, -0.2) is 28.7 Å². The third-order valence-electron chi connectivity index (χ3n) is 5.43. The quantitative estimate of drug-likeness (QED) is 0.360. The molecule has 22 heavy (non-hydrogen) atoms. The van der Waals surface area contributed by atoms with Gasteiger partial charge in [-0.25, -0.2) is 0 Å². The number of carbonyl (C=O) groups excluding carboxylic acids is 2. The van der Waals surface area contributed by atoms with E-state index in [2.05, 4.69) is 0 Å². The molecule has 1 saturated heterocycles. The lowest BCUT2D eigenvalue weighted by Gasteiger charge is -2.33. The third kappa shape index (κ3) is 1.30. The van der Waals surface area contributed by atoms with Gasteiger partial charge in [0.1, 0.15) is 0 Å². The number of nitro benzene ring substituents is 1. The number of benzene rings is 1. The zero-order chi connectivity index (χ0) is 15.6. The number of amides is 2. The number of hydrogen-bond donors (Lipinski definition) is 0. The fraction of sp³-hybridized carbons (Fsp3) is 0.375. The highest BCUT2D eigenvalue weighted by Gasteiger charge is 2.69. The van der Waals surface area contributed by atoms with Crippen molar-refractivity contribution in [3.05, 3.63) is 52.1 Å². The fourth-order valence-electron chi connectivity index (χ4n) is 4.51. The van der Waals surface area contributed by atoms with Crippen LogP contribution in [0.15, 0.2) is 36.4 Å². The van der Waals surface area contributed by atoms with Crippen LogP contribution in [0.5, 0.6) is 0 Å². The number of carbonyl (C=O) groups is 2. The van der Waals surface area contributed by atoms with Gasteiger partial charge in [0, 0.05) is 19.2 Å². The lowest BCUT2D eigenvalue weighted by Crippen LogP contribution is -2.43. The van der Waals surface area contributed by atoms with Crippen molar-refractivity contribution in [3.8, 4) is 0 Å². The van der Waals surface area contributed by atoms with Crippen LogP contribution >= 0.6 is 0 Å². The summed E-state index contributed by atoms with van der Waals surface area (Å²) >= 11 is 0. The molecule has 1 aromatic rings. The largest absolute Gasteiger partial charge is 0.285 e. The number of fused-ring (bicyclic) bond motifs is 5. The molecule has 0 radical (unpaired) electrons. The monoisotopic (exact) mass is 298 g/mol. The molecule has 1 saturated carbocycles. The topological polar surface area (TPSA) is 80.5 Å². The first-order chi connectivity index (χ1) is 10.5. The van der Waals surface area contributed by atoms with Gasteiger partial charge in [-0.3, -0.25) is 24.6 Å². The first kappa shape index (κ1) is 13.2. The molecule has 4 atom stereocenters. The van der Waals surface area contributed by atoms with Crippen molar-refractivity contribution >= 4 is 17.5 Å². The van der Waals surface area contributed by atoms with Crippen molar-refractivity contribution in [2.75, 3.05) is 7.05 Å². The van der Waals surface area contributed by atoms with Crippen LogP contribution in [-0.2, 0) is 15.0 Å². The highest BCUT2D eigenvalue weighted by Crippen LogP contribution is 2.61. The molecule has 0 aromatic heterocycles. The summed E-state index contributed by atoms with van der Waals surface area (Å²) in [5.74, 6) is -0.623. The van der Waals surface area contributed by atoms with Gasteiger partial charge >= 0.3 is 0 Å². The SMILES string of the molecule is CN1C(=O)C2C3C=CC(C3)C2(c2ccc([N+](=O)[O-])cc2)C1=O. The van der Waals surface area contributed by atoms with Crippen LogP contribution in [0.4, 0.5) is 5.69 Å². The Bertz CT molecular complexity index is 739. The van der Waals surface area contributed by atoms with Gasteiger partial charge in [0.15, 0.2) is 0 Å². The summed E-state index contributed by atoms with van der Waals surface area (Å²) in [5, 5.41) is 10.8. The summed E-state index contributed by atoms with van der Waals surface area (Å²) in [6, 6.07) is 6.08. The summed E-state index contributed by atoms with van der Waals surface area (Å²) in [5.41, 5.74) is -0.177. The first-order valence-electron chi connectivity index (χ1n) is 7.23. The number of non-ortho nitro benzene ring substituents is 1. The van der Waals surface area contributed by atoms with E-state index in [0.717, 1.165) is 6.42 Å². The second-order valence-electron chi connectivity index (χ2n) is 6.24. The predicted molar refractivity (Wildman–Crippen MR) is 76.8 cm³/mol. The molecule has 1 heterocycles. The maximum absolute atomic E-state index is 12.9. The van der Waals surface area contributed by atoms with Gasteiger partial charge in [-0.05, 0) is 23.8 Å². The van der Waals surface area contributed by atoms with Crippen LogP contribution in [0, 0.1) is 27.9 Å². The number of allylic oxidation sites excluding steroid dienone is 2. The van der Waals surface area contributed by atoms with E-state index >= 15 is 0 Å². The fourth-order valence-corrected chi connectivity index (χ4v) is 4.51. The Kier molecular flexibility index (Phi) is 2.41. The predicted octanol–water partition coefficient (Wildman–Crippen LogP) is 1.65. The van der Waals surface area contributed by atoms with Gasteiger partial charge in [0.25, 0.3) is 5.69 Å². The second kappa shape index (κ2) is 4.03. The molecule has 2 bridgehead atoms. The Balaban J connectivity index is 1.90. The van der Waals surface area contributed by atoms with Gasteiger partial charge in [-0.2, -0.15) is 0 Å². The average Bonchev–Trinajstić information content (AvgIpc) is 3.16. The van der Waals surface area contributed by atoms with Gasteiger partial charge in [-0.1, -0.05) is 24.3 Å². The molecular weight excluding hydrogens is 284 g/mol. The molecule has 0 spiro atoms. The number of imide groups is 1. The van der Waals surface area contributed by atoms with Gasteiger partial charge < -0.3 is 0 Å². The molecule has 2 amide bonds. The van der Waals surface area contributed by atoms with Crippen molar-refractivity contribution in [1.82, 2.24) is 4.90 Å². The van der Waals surface area contributed by atoms with Crippen LogP contribution in [0.1, 0.15) is 12.0 Å². The van der Waals surface area contributed by atoms with E-state index in [1.807, 2.05) is 12.2 Å². The summed E-state index contributed by atoms with van der Waals surface area (Å²) in [4.78, 5) is 36.9. The van der Waals surface area contributed by atoms with E-state index in [9.17, 15) is 19.7 Å². The van der Waals surface area contributed by atoms with Crippen molar-refractivity contribution in [2.45, 2.75) is 11.8 Å². The zero-order valence-corrected chi connectivity index (χ0v) is 11.9. The van der Waals surface area contributed by atoms with Crippen molar-refractivity contribution in [3.63, 3.8) is 0 Å². The molecule has 3 aliphatic rings. The number of hydrogen-bond acceptors (Lipinski definition) is 4. The van der Waals surface area contributed by atoms with E-state index < -0.39 is 10.3 Å². The van der Waals surface area contributed by atoms with Crippen molar-refractivity contribution in [2.24, 2.45) is 17.8 Å². The Morgan fingerprint density at radius 3 is 2.55 bits per heavy atom. The lowest BCUT2D eigenvalue weighted by molar-refractivity contribution is -0.384. The third-order valence-corrected chi connectivity index (χ3v) is 5.43. The number of nitrogens with zero attached hydrogens (tertiary/aromatic N) is 2. The smallest absolute Gasteiger partial charge is 0.269 e. The minimum atomic E-state index is -0.875. The molecule has 0 N–H and O–H groups in total. The molecule has 112 valence electrons. The minimum absolute atomic E-state index is 0.00893. The summed E-state index contributed by atoms with van der Waals surface area (Å²) in [6.07, 6.45) is 4.85. The molecule has 2 aliphatic carbocycles. The summed E-state index contributed by atoms with van der Waals surface area (Å²) in [7, 11) is 1.52. The average molecular weight is 298 g/mol. The number of likely N-dealkylation sites (tertiary alicyclic amines) is 1. The van der Waals surface area contributed by atoms with Gasteiger partial charge in [-0.15, -0.1) is 0 Å². The molecule has 4 unspecified atom stereocenters. The van der Waals surface area contributed by atoms with Gasteiger partial charge in [0.05, 0.1) is 16.3 Å². The molecular formula is C16H14N2O4. The molecule has 6 nitrogen and oxygen atoms in total. The maximum atomic E-state index is 12.9. The normalized spacial score (nSPS) is 35.3. The lowest BCUT2D eigenvalue weighted by atomic mass is 9.65. The van der Waals surface area contributed by atoms with E-state index in [-0.39, 0.29) is 35.3 Å². The highest BCUT2D eigenvalue weighted by atomic mass is 16.6. The Hall–Kier alpha value is -2.50. The van der Waals surface area contributed by atoms with Gasteiger partial charge in [0.2, 0.25) is 11.8 Å². The maximum Gasteiger partial charge on any atom is 0.269 e. The highest BCUT2D eigenvalue weighted by molar-refractivity contribution is 6.11. The van der Waals surface area contributed by atoms with Crippen LogP contribution < -0.4 is 0 Å². The molecule has 2 fully saturated rings. The van der Waals surface area contributed by atoms with E-state index in [4.69, 9.17) is 0 Å². The number of nitro groups is 1. The molecule has 6 heteroatoms. The second-order valence-corrected chi connectivity index (χ2v) is 6.24. The first-order valence-corrected chi connectivity index (χ1v) is 7.23. The standard InChI is InChI=1S/C16H14N2O4/c1-17-14(19)13-9-2-3-11(8-9)16(13,15(17)20)10-4-6-12(7-5-10)18(21)22/h2-7,9,11,13H,8H2,1H3. The van der Waals surface area contributed by atoms with Crippen LogP contribution in [0.25, 0.3) is 0 Å². The number of likely N-dealkylation sites (N-methyl/N-ethyl adjacent to an activating group) is 1. The van der Waals surface area contributed by atoms with E-state index in [1.54, 1.807) is 12.1 Å². The van der Waals surface area contributed by atoms with Crippen LogP contribution in [0.3, 0.4) is 0 Å². The molecule has 1 aliphatic heterocycles. The zero-order valence-electron chi connectivity index (χ0n) is 11.9. The van der Waals surface area contributed by atoms with Crippen molar-refractivity contribution < 1.29 is 14.5 Å². The minimum Gasteiger partial charge on any atom is -0.285 e. The summed E-state index contributed by atoms with van der Waals surface area (Å²) in [6.45, 7) is 0. The van der Waals surface area contributed by atoms with Crippen LogP contribution in [0.2, 0.25) is 0 Å². The molecule has 4 rings (SSSR count). The number of rotatable bonds is 2.